The molecule has 1 atom stereocenters. The van der Waals surface area contributed by atoms with Crippen LogP contribution in [-0.2, 0) is 6.42 Å². The molecule has 1 aliphatic rings. The Morgan fingerprint density at radius 1 is 1.37 bits per heavy atom. The van der Waals surface area contributed by atoms with Gasteiger partial charge in [-0.2, -0.15) is 0 Å². The maximum atomic E-state index is 6.05. The van der Waals surface area contributed by atoms with E-state index in [1.54, 1.807) is 0 Å². The third-order valence-corrected chi connectivity index (χ3v) is 4.18. The predicted octanol–water partition coefficient (Wildman–Crippen LogP) is 2.66. The number of nitrogens with zero attached hydrogens (tertiary/aromatic N) is 4. The van der Waals surface area contributed by atoms with Gasteiger partial charge in [-0.15, -0.1) is 10.2 Å². The summed E-state index contributed by atoms with van der Waals surface area (Å²) in [7, 11) is 0. The predicted molar refractivity (Wildman–Crippen MR) is 76.5 cm³/mol. The first-order valence-corrected chi connectivity index (χ1v) is 7.35. The van der Waals surface area contributed by atoms with Crippen molar-refractivity contribution in [3.63, 3.8) is 0 Å². The van der Waals surface area contributed by atoms with Crippen molar-refractivity contribution in [2.75, 3.05) is 19.6 Å². The molecule has 5 heteroatoms. The van der Waals surface area contributed by atoms with Crippen LogP contribution < -0.4 is 0 Å². The quantitative estimate of drug-likeness (QED) is 0.865. The number of aromatic nitrogens is 3. The summed E-state index contributed by atoms with van der Waals surface area (Å²) < 4.78 is 2.02. The Kier molecular flexibility index (Phi) is 3.71. The Hall–Kier alpha value is -1.13. The molecule has 0 spiro atoms. The van der Waals surface area contributed by atoms with Crippen LogP contribution in [0, 0.1) is 5.92 Å². The molecule has 0 bridgehead atoms. The number of piperidine rings is 1. The summed E-state index contributed by atoms with van der Waals surface area (Å²) in [5.74, 6) is 1.71. The highest BCUT2D eigenvalue weighted by atomic mass is 35.5. The molecular weight excluding hydrogens is 260 g/mol. The number of halogens is 1. The van der Waals surface area contributed by atoms with Gasteiger partial charge in [0.25, 0.3) is 0 Å². The topological polar surface area (TPSA) is 33.4 Å². The van der Waals surface area contributed by atoms with Crippen molar-refractivity contribution in [2.24, 2.45) is 5.92 Å². The van der Waals surface area contributed by atoms with Gasteiger partial charge in [0.15, 0.2) is 5.65 Å². The van der Waals surface area contributed by atoms with E-state index in [4.69, 9.17) is 11.6 Å². The third-order valence-electron chi connectivity index (χ3n) is 3.96. The van der Waals surface area contributed by atoms with E-state index in [0.717, 1.165) is 29.5 Å². The number of hydrogen-bond donors (Lipinski definition) is 0. The van der Waals surface area contributed by atoms with Gasteiger partial charge in [-0.25, -0.2) is 0 Å². The van der Waals surface area contributed by atoms with Crippen LogP contribution in [0.25, 0.3) is 5.65 Å². The highest BCUT2D eigenvalue weighted by Crippen LogP contribution is 2.21. The van der Waals surface area contributed by atoms with Crippen LogP contribution in [0.4, 0.5) is 0 Å². The van der Waals surface area contributed by atoms with Gasteiger partial charge in [0, 0.05) is 19.2 Å². The second kappa shape index (κ2) is 5.47. The molecule has 1 aliphatic heterocycles. The number of likely N-dealkylation sites (tertiary alicyclic amines) is 1. The summed E-state index contributed by atoms with van der Waals surface area (Å²) in [6.07, 6.45) is 5.46. The number of pyridine rings is 1. The lowest BCUT2D eigenvalue weighted by Crippen LogP contribution is -2.36. The first-order chi connectivity index (χ1) is 9.26. The summed E-state index contributed by atoms with van der Waals surface area (Å²) in [5.41, 5.74) is 0.877. The highest BCUT2D eigenvalue weighted by molar-refractivity contribution is 6.30. The molecule has 1 unspecified atom stereocenters. The van der Waals surface area contributed by atoms with Crippen LogP contribution in [0.2, 0.25) is 5.02 Å². The van der Waals surface area contributed by atoms with E-state index in [1.165, 1.54) is 25.9 Å². The first kappa shape index (κ1) is 12.9. The van der Waals surface area contributed by atoms with Crippen LogP contribution in [-0.4, -0.2) is 39.1 Å². The molecule has 0 aliphatic carbocycles. The Bertz CT molecular complexity index is 566. The van der Waals surface area contributed by atoms with Crippen molar-refractivity contribution < 1.29 is 0 Å². The van der Waals surface area contributed by atoms with Crippen molar-refractivity contribution in [3.8, 4) is 0 Å². The number of rotatable bonds is 3. The molecule has 2 aromatic rings. The van der Waals surface area contributed by atoms with Crippen molar-refractivity contribution in [1.29, 1.82) is 0 Å². The fourth-order valence-electron chi connectivity index (χ4n) is 2.91. The normalized spacial score (nSPS) is 21.1. The van der Waals surface area contributed by atoms with Crippen LogP contribution in [0.3, 0.4) is 0 Å². The van der Waals surface area contributed by atoms with E-state index >= 15 is 0 Å². The molecule has 0 saturated carbocycles. The molecule has 2 aromatic heterocycles. The van der Waals surface area contributed by atoms with Gasteiger partial charge in [-0.3, -0.25) is 4.40 Å². The molecule has 1 fully saturated rings. The Balaban J connectivity index is 1.79. The number of hydrogen-bond acceptors (Lipinski definition) is 3. The fraction of sp³-hybridized carbons (Fsp3) is 0.571. The van der Waals surface area contributed by atoms with E-state index in [1.807, 2.05) is 22.7 Å². The average Bonchev–Trinajstić information content (AvgIpc) is 2.81. The average molecular weight is 279 g/mol. The monoisotopic (exact) mass is 278 g/mol. The van der Waals surface area contributed by atoms with Gasteiger partial charge in [0.05, 0.1) is 5.02 Å². The van der Waals surface area contributed by atoms with Crippen molar-refractivity contribution >= 4 is 17.2 Å². The lowest BCUT2D eigenvalue weighted by Gasteiger charge is -2.31. The van der Waals surface area contributed by atoms with Crippen molar-refractivity contribution in [3.05, 3.63) is 29.2 Å². The zero-order chi connectivity index (χ0) is 13.2. The van der Waals surface area contributed by atoms with E-state index in [9.17, 15) is 0 Å². The van der Waals surface area contributed by atoms with Gasteiger partial charge >= 0.3 is 0 Å². The van der Waals surface area contributed by atoms with E-state index in [2.05, 4.69) is 22.0 Å². The van der Waals surface area contributed by atoms with E-state index in [0.29, 0.717) is 5.92 Å². The molecule has 3 rings (SSSR count). The van der Waals surface area contributed by atoms with Crippen molar-refractivity contribution in [1.82, 2.24) is 19.5 Å². The third kappa shape index (κ3) is 2.74. The highest BCUT2D eigenvalue weighted by Gasteiger charge is 2.21. The molecule has 19 heavy (non-hydrogen) atoms. The van der Waals surface area contributed by atoms with E-state index in [-0.39, 0.29) is 0 Å². The molecule has 0 amide bonds. The minimum atomic E-state index is 0.681. The Morgan fingerprint density at radius 2 is 2.26 bits per heavy atom. The van der Waals surface area contributed by atoms with Gasteiger partial charge in [-0.05, 0) is 44.0 Å². The Labute approximate surface area is 118 Å². The molecule has 0 aromatic carbocycles. The minimum absolute atomic E-state index is 0.681. The first-order valence-electron chi connectivity index (χ1n) is 6.98. The maximum Gasteiger partial charge on any atom is 0.160 e. The van der Waals surface area contributed by atoms with Gasteiger partial charge in [0.2, 0.25) is 0 Å². The van der Waals surface area contributed by atoms with Crippen LogP contribution in [0.1, 0.15) is 25.6 Å². The largest absolute Gasteiger partial charge is 0.303 e. The molecule has 0 radical (unpaired) electrons. The standard InChI is InChI=1S/C14H19ClN4/c1-2-18-7-3-4-11(9-18)8-14-17-16-13-6-5-12(15)10-19(13)14/h5-6,10-11H,2-4,7-9H2,1H3. The maximum absolute atomic E-state index is 6.05. The van der Waals surface area contributed by atoms with Gasteiger partial charge < -0.3 is 4.90 Å². The lowest BCUT2D eigenvalue weighted by molar-refractivity contribution is 0.180. The molecule has 3 heterocycles. The zero-order valence-corrected chi connectivity index (χ0v) is 12.0. The molecule has 102 valence electrons. The van der Waals surface area contributed by atoms with Gasteiger partial charge in [0.1, 0.15) is 5.82 Å². The smallest absolute Gasteiger partial charge is 0.160 e. The second-order valence-corrected chi connectivity index (χ2v) is 5.73. The van der Waals surface area contributed by atoms with Crippen molar-refractivity contribution in [2.45, 2.75) is 26.2 Å². The van der Waals surface area contributed by atoms with Crippen LogP contribution in [0.15, 0.2) is 18.3 Å². The molecular formula is C14H19ClN4. The molecule has 4 nitrogen and oxygen atoms in total. The molecule has 1 saturated heterocycles. The summed E-state index contributed by atoms with van der Waals surface area (Å²) in [4.78, 5) is 2.52. The Morgan fingerprint density at radius 3 is 3.11 bits per heavy atom. The zero-order valence-electron chi connectivity index (χ0n) is 11.2. The number of fused-ring (bicyclic) bond motifs is 1. The summed E-state index contributed by atoms with van der Waals surface area (Å²) in [6.45, 7) is 5.78. The SMILES string of the molecule is CCN1CCCC(Cc2nnc3ccc(Cl)cn23)C1. The summed E-state index contributed by atoms with van der Waals surface area (Å²) in [6, 6.07) is 3.77. The summed E-state index contributed by atoms with van der Waals surface area (Å²) >= 11 is 6.05. The summed E-state index contributed by atoms with van der Waals surface area (Å²) in [5, 5.41) is 9.25. The lowest BCUT2D eigenvalue weighted by atomic mass is 9.94. The van der Waals surface area contributed by atoms with Crippen LogP contribution in [0.5, 0.6) is 0 Å². The minimum Gasteiger partial charge on any atom is -0.303 e. The van der Waals surface area contributed by atoms with Gasteiger partial charge in [-0.1, -0.05) is 18.5 Å². The van der Waals surface area contributed by atoms with E-state index < -0.39 is 0 Å². The molecule has 0 N–H and O–H groups in total. The fourth-order valence-corrected chi connectivity index (χ4v) is 3.08. The van der Waals surface area contributed by atoms with Crippen LogP contribution >= 0.6 is 11.6 Å². The second-order valence-electron chi connectivity index (χ2n) is 5.30.